The molecule has 1 amide bonds. The number of benzene rings is 1. The summed E-state index contributed by atoms with van der Waals surface area (Å²) in [4.78, 5) is 23.2. The van der Waals surface area contributed by atoms with Gasteiger partial charge in [0.15, 0.2) is 11.5 Å². The minimum absolute atomic E-state index is 0.130. The number of piperidine rings is 1. The first-order valence-electron chi connectivity index (χ1n) is 9.78. The molecule has 2 aliphatic rings. The predicted octanol–water partition coefficient (Wildman–Crippen LogP) is 2.85. The zero-order chi connectivity index (χ0) is 20.7. The van der Waals surface area contributed by atoms with Crippen molar-refractivity contribution >= 4 is 11.7 Å². The number of nitrogens with zero attached hydrogens (tertiary/aromatic N) is 5. The third-order valence-electron chi connectivity index (χ3n) is 5.44. The highest BCUT2D eigenvalue weighted by molar-refractivity contribution is 5.95. The largest absolute Gasteiger partial charge is 0.486 e. The lowest BCUT2D eigenvalue weighted by Crippen LogP contribution is -2.39. The van der Waals surface area contributed by atoms with Crippen molar-refractivity contribution in [1.29, 1.82) is 0 Å². The van der Waals surface area contributed by atoms with Crippen molar-refractivity contribution in [3.05, 3.63) is 47.5 Å². The van der Waals surface area contributed by atoms with Gasteiger partial charge in [0, 0.05) is 24.6 Å². The van der Waals surface area contributed by atoms with Crippen LogP contribution in [-0.4, -0.2) is 56.7 Å². The number of rotatable bonds is 3. The summed E-state index contributed by atoms with van der Waals surface area (Å²) in [6.07, 6.45) is 0.0152. The number of hydrogen-bond acceptors (Lipinski definition) is 6. The van der Waals surface area contributed by atoms with Crippen molar-refractivity contribution in [2.45, 2.75) is 25.2 Å². The quantitative estimate of drug-likeness (QED) is 0.654. The van der Waals surface area contributed by atoms with E-state index < -0.39 is 6.43 Å². The zero-order valence-corrected chi connectivity index (χ0v) is 16.0. The molecule has 0 N–H and O–H groups in total. The molecule has 0 radical (unpaired) electrons. The van der Waals surface area contributed by atoms with Gasteiger partial charge < -0.3 is 14.4 Å². The average Bonchev–Trinajstić information content (AvgIpc) is 3.26. The molecule has 30 heavy (non-hydrogen) atoms. The van der Waals surface area contributed by atoms with Crippen LogP contribution < -0.4 is 9.47 Å². The van der Waals surface area contributed by atoms with Crippen molar-refractivity contribution in [1.82, 2.24) is 24.5 Å². The highest BCUT2D eigenvalue weighted by Crippen LogP contribution is 2.33. The van der Waals surface area contributed by atoms with E-state index in [0.29, 0.717) is 49.1 Å². The van der Waals surface area contributed by atoms with Crippen molar-refractivity contribution in [3.8, 4) is 11.5 Å². The number of ether oxygens (including phenoxy) is 2. The molecule has 0 bridgehead atoms. The molecule has 156 valence electrons. The second kappa shape index (κ2) is 7.51. The van der Waals surface area contributed by atoms with Crippen LogP contribution in [0.4, 0.5) is 8.78 Å². The molecule has 3 aromatic rings. The van der Waals surface area contributed by atoms with Gasteiger partial charge in [0.05, 0.1) is 5.69 Å². The fourth-order valence-electron chi connectivity index (χ4n) is 3.98. The molecule has 0 unspecified atom stereocenters. The Hall–Kier alpha value is -3.30. The Balaban J connectivity index is 1.40. The molecule has 1 aromatic carbocycles. The number of hydrogen-bond donors (Lipinski definition) is 0. The number of aromatic nitrogens is 4. The highest BCUT2D eigenvalue weighted by Gasteiger charge is 2.29. The smallest absolute Gasteiger partial charge is 0.280 e. The Morgan fingerprint density at radius 1 is 1.17 bits per heavy atom. The number of halogens is 2. The Labute approximate surface area is 170 Å². The summed E-state index contributed by atoms with van der Waals surface area (Å²) in [6.45, 7) is 1.92. The second-order valence-corrected chi connectivity index (χ2v) is 7.33. The lowest BCUT2D eigenvalue weighted by molar-refractivity contribution is 0.0704. The highest BCUT2D eigenvalue weighted by atomic mass is 19.3. The average molecular weight is 415 g/mol. The maximum atomic E-state index is 13.5. The third kappa shape index (κ3) is 3.31. The van der Waals surface area contributed by atoms with Crippen LogP contribution in [0.5, 0.6) is 11.5 Å². The molecule has 1 atom stereocenters. The molecule has 0 aliphatic carbocycles. The normalized spacial score (nSPS) is 18.8. The Bertz CT molecular complexity index is 1100. The number of carbonyl (C=O) groups is 1. The van der Waals surface area contributed by atoms with Gasteiger partial charge in [0.25, 0.3) is 18.1 Å². The molecule has 4 heterocycles. The van der Waals surface area contributed by atoms with Crippen LogP contribution >= 0.6 is 0 Å². The molecule has 10 heteroatoms. The molecule has 2 aliphatic heterocycles. The third-order valence-corrected chi connectivity index (χ3v) is 5.44. The standard InChI is InChI=1S/C20H19F2N5O3/c21-18(22)15-9-14(25-20-23-11-24-27(15)20)13-2-1-5-26(10-13)19(28)12-3-4-16-17(8-12)30-7-6-29-16/h3-4,8-9,11,13,18H,1-2,5-7,10H2/t13-/m1/s1. The van der Waals surface area contributed by atoms with Crippen molar-refractivity contribution < 1.29 is 23.0 Å². The molecule has 5 rings (SSSR count). The van der Waals surface area contributed by atoms with Crippen molar-refractivity contribution in [2.75, 3.05) is 26.3 Å². The monoisotopic (exact) mass is 415 g/mol. The van der Waals surface area contributed by atoms with Crippen LogP contribution in [0, 0.1) is 0 Å². The van der Waals surface area contributed by atoms with E-state index in [1.54, 1.807) is 23.1 Å². The van der Waals surface area contributed by atoms with E-state index in [0.717, 1.165) is 17.4 Å². The van der Waals surface area contributed by atoms with Crippen molar-refractivity contribution in [2.24, 2.45) is 0 Å². The van der Waals surface area contributed by atoms with E-state index in [2.05, 4.69) is 15.1 Å². The number of alkyl halides is 2. The second-order valence-electron chi connectivity index (χ2n) is 7.33. The molecule has 2 aromatic heterocycles. The lowest BCUT2D eigenvalue weighted by atomic mass is 9.93. The van der Waals surface area contributed by atoms with Crippen LogP contribution in [0.2, 0.25) is 0 Å². The summed E-state index contributed by atoms with van der Waals surface area (Å²) >= 11 is 0. The van der Waals surface area contributed by atoms with Gasteiger partial charge in [-0.1, -0.05) is 0 Å². The molecule has 0 spiro atoms. The van der Waals surface area contributed by atoms with Gasteiger partial charge in [-0.15, -0.1) is 0 Å². The lowest BCUT2D eigenvalue weighted by Gasteiger charge is -2.33. The topological polar surface area (TPSA) is 81.9 Å². The van der Waals surface area contributed by atoms with Crippen LogP contribution in [-0.2, 0) is 0 Å². The number of amides is 1. The van der Waals surface area contributed by atoms with E-state index in [-0.39, 0.29) is 23.3 Å². The van der Waals surface area contributed by atoms with E-state index in [4.69, 9.17) is 9.47 Å². The fourth-order valence-corrected chi connectivity index (χ4v) is 3.98. The number of likely N-dealkylation sites (tertiary alicyclic amines) is 1. The van der Waals surface area contributed by atoms with Crippen LogP contribution in [0.3, 0.4) is 0 Å². The van der Waals surface area contributed by atoms with Crippen molar-refractivity contribution in [3.63, 3.8) is 0 Å². The van der Waals surface area contributed by atoms with Gasteiger partial charge in [-0.05, 0) is 37.1 Å². The zero-order valence-electron chi connectivity index (χ0n) is 16.0. The molecular formula is C20H19F2N5O3. The first-order chi connectivity index (χ1) is 14.6. The fraction of sp³-hybridized carbons (Fsp3) is 0.400. The van der Waals surface area contributed by atoms with E-state index in [1.807, 2.05) is 0 Å². The van der Waals surface area contributed by atoms with Gasteiger partial charge in [0.2, 0.25) is 0 Å². The summed E-state index contributed by atoms with van der Waals surface area (Å²) in [7, 11) is 0. The van der Waals surface area contributed by atoms with E-state index in [9.17, 15) is 13.6 Å². The van der Waals surface area contributed by atoms with E-state index >= 15 is 0 Å². The Kier molecular flexibility index (Phi) is 4.68. The molecule has 1 saturated heterocycles. The predicted molar refractivity (Wildman–Crippen MR) is 101 cm³/mol. The Morgan fingerprint density at radius 2 is 2.00 bits per heavy atom. The van der Waals surface area contributed by atoms with Crippen LogP contribution in [0.1, 0.15) is 46.9 Å². The van der Waals surface area contributed by atoms with Gasteiger partial charge in [-0.25, -0.2) is 13.8 Å². The first-order valence-corrected chi connectivity index (χ1v) is 9.78. The maximum Gasteiger partial charge on any atom is 0.280 e. The number of carbonyl (C=O) groups excluding carboxylic acids is 1. The first kappa shape index (κ1) is 18.7. The van der Waals surface area contributed by atoms with Crippen LogP contribution in [0.15, 0.2) is 30.6 Å². The SMILES string of the molecule is O=C(c1ccc2c(c1)OCCO2)N1CCC[C@@H](c2cc(C(F)F)n3ncnc3n2)C1. The summed E-state index contributed by atoms with van der Waals surface area (Å²) in [5, 5.41) is 3.82. The van der Waals surface area contributed by atoms with Gasteiger partial charge in [-0.2, -0.15) is 14.6 Å². The van der Waals surface area contributed by atoms with Gasteiger partial charge in [0.1, 0.15) is 25.2 Å². The molecular weight excluding hydrogens is 396 g/mol. The summed E-state index contributed by atoms with van der Waals surface area (Å²) in [5.74, 6) is 1.03. The maximum absolute atomic E-state index is 13.5. The summed E-state index contributed by atoms with van der Waals surface area (Å²) < 4.78 is 39.1. The molecule has 8 nitrogen and oxygen atoms in total. The van der Waals surface area contributed by atoms with E-state index in [1.165, 1.54) is 12.4 Å². The molecule has 1 fully saturated rings. The Morgan fingerprint density at radius 3 is 2.83 bits per heavy atom. The summed E-state index contributed by atoms with van der Waals surface area (Å²) in [5.41, 5.74) is 0.766. The minimum atomic E-state index is -2.70. The summed E-state index contributed by atoms with van der Waals surface area (Å²) in [6, 6.07) is 6.51. The van der Waals surface area contributed by atoms with Gasteiger partial charge in [-0.3, -0.25) is 4.79 Å². The number of fused-ring (bicyclic) bond motifs is 2. The van der Waals surface area contributed by atoms with Gasteiger partial charge >= 0.3 is 0 Å². The minimum Gasteiger partial charge on any atom is -0.486 e. The van der Waals surface area contributed by atoms with Crippen LogP contribution in [0.25, 0.3) is 5.78 Å². The molecule has 0 saturated carbocycles.